The molecule has 1 N–H and O–H groups in total. The number of carbonyl (C=O) groups excluding carboxylic acids is 1. The van der Waals surface area contributed by atoms with Gasteiger partial charge in [-0.05, 0) is 43.3 Å². The Morgan fingerprint density at radius 2 is 1.82 bits per heavy atom. The molecule has 0 atom stereocenters. The fourth-order valence-electron chi connectivity index (χ4n) is 2.78. The zero-order valence-corrected chi connectivity index (χ0v) is 16.5. The summed E-state index contributed by atoms with van der Waals surface area (Å²) in [5.41, 5.74) is 1.86. The lowest BCUT2D eigenvalue weighted by molar-refractivity contribution is 0.0947. The molecule has 1 aromatic heterocycles. The highest BCUT2D eigenvalue weighted by molar-refractivity contribution is 6.30. The molecule has 0 spiro atoms. The van der Waals surface area contributed by atoms with Crippen LogP contribution in [0.5, 0.6) is 0 Å². The topological polar surface area (TPSA) is 67.2 Å². The summed E-state index contributed by atoms with van der Waals surface area (Å²) in [5.74, 6) is -0.492. The molecule has 0 aliphatic heterocycles. The van der Waals surface area contributed by atoms with Crippen molar-refractivity contribution in [2.24, 2.45) is 0 Å². The second-order valence-corrected chi connectivity index (χ2v) is 6.84. The van der Waals surface area contributed by atoms with Gasteiger partial charge in [0.1, 0.15) is 0 Å². The van der Waals surface area contributed by atoms with Crippen LogP contribution in [0.1, 0.15) is 16.2 Å². The summed E-state index contributed by atoms with van der Waals surface area (Å²) >= 11 is 5.93. The Bertz CT molecular complexity index is 1020. The van der Waals surface area contributed by atoms with Crippen molar-refractivity contribution in [3.05, 3.63) is 87.3 Å². The number of halogens is 1. The van der Waals surface area contributed by atoms with Crippen molar-refractivity contribution >= 4 is 23.2 Å². The molecule has 2 aromatic carbocycles. The van der Waals surface area contributed by atoms with E-state index in [1.165, 1.54) is 6.07 Å². The van der Waals surface area contributed by atoms with Crippen LogP contribution >= 0.6 is 11.6 Å². The fourth-order valence-corrected chi connectivity index (χ4v) is 2.91. The van der Waals surface area contributed by atoms with E-state index < -0.39 is 11.3 Å². The average molecular weight is 397 g/mol. The minimum Gasteiger partial charge on any atom is -0.373 e. The molecule has 0 saturated heterocycles. The second-order valence-electron chi connectivity index (χ2n) is 6.40. The van der Waals surface area contributed by atoms with Gasteiger partial charge in [-0.25, -0.2) is 4.68 Å². The zero-order valence-electron chi connectivity index (χ0n) is 15.7. The summed E-state index contributed by atoms with van der Waals surface area (Å²) in [6.07, 6.45) is 0. The molecule has 7 heteroatoms. The number of hydrogen-bond donors (Lipinski definition) is 1. The summed E-state index contributed by atoms with van der Waals surface area (Å²) in [6.45, 7) is 2.76. The zero-order chi connectivity index (χ0) is 20.1. The maximum absolute atomic E-state index is 12.5. The lowest BCUT2D eigenvalue weighted by Gasteiger charge is -2.19. The van der Waals surface area contributed by atoms with Gasteiger partial charge >= 0.3 is 0 Å². The van der Waals surface area contributed by atoms with Crippen molar-refractivity contribution in [1.82, 2.24) is 15.1 Å². The van der Waals surface area contributed by atoms with E-state index in [2.05, 4.69) is 10.4 Å². The van der Waals surface area contributed by atoms with E-state index in [4.69, 9.17) is 11.6 Å². The van der Waals surface area contributed by atoms with Crippen LogP contribution in [0.25, 0.3) is 5.69 Å². The predicted octanol–water partition coefficient (Wildman–Crippen LogP) is 3.06. The third-order valence-electron chi connectivity index (χ3n) is 4.32. The number of nitrogens with one attached hydrogen (secondary N) is 1. The van der Waals surface area contributed by atoms with Crippen LogP contribution in [-0.4, -0.2) is 35.8 Å². The molecule has 3 aromatic rings. The molecule has 1 heterocycles. The molecule has 6 nitrogen and oxygen atoms in total. The van der Waals surface area contributed by atoms with Gasteiger partial charge in [0.2, 0.25) is 5.43 Å². The molecule has 0 bridgehead atoms. The van der Waals surface area contributed by atoms with Gasteiger partial charge in [-0.15, -0.1) is 0 Å². The molecule has 0 fully saturated rings. The first kappa shape index (κ1) is 19.6. The minimum atomic E-state index is -0.492. The van der Waals surface area contributed by atoms with Crippen LogP contribution in [0.4, 0.5) is 5.69 Å². The van der Waals surface area contributed by atoms with Crippen LogP contribution in [0.3, 0.4) is 0 Å². The smallest absolute Gasteiger partial charge is 0.275 e. The standard InChI is InChI=1S/C21H21ClN4O2/c1-15-14-19(27)20(24-26(15)18-10-8-16(22)9-11-18)21(28)23-12-13-25(2)17-6-4-3-5-7-17/h3-11,14H,12-13H2,1-2H3,(H,23,28). The number of anilines is 1. The van der Waals surface area contributed by atoms with Crippen molar-refractivity contribution in [3.63, 3.8) is 0 Å². The molecule has 3 rings (SSSR count). The Hall–Kier alpha value is -3.12. The van der Waals surface area contributed by atoms with E-state index in [1.54, 1.807) is 35.9 Å². The number of likely N-dealkylation sites (N-methyl/N-ethyl adjacent to an activating group) is 1. The van der Waals surface area contributed by atoms with Gasteiger partial charge in [0.15, 0.2) is 5.69 Å². The van der Waals surface area contributed by atoms with Gasteiger partial charge in [0, 0.05) is 42.6 Å². The number of aromatic nitrogens is 2. The van der Waals surface area contributed by atoms with E-state index in [0.29, 0.717) is 23.8 Å². The molecule has 0 unspecified atom stereocenters. The van der Waals surface area contributed by atoms with Crippen molar-refractivity contribution in [2.45, 2.75) is 6.92 Å². The fraction of sp³-hybridized carbons (Fsp3) is 0.190. The van der Waals surface area contributed by atoms with Gasteiger partial charge in [-0.3, -0.25) is 9.59 Å². The Labute approximate surface area is 168 Å². The number of benzene rings is 2. The van der Waals surface area contributed by atoms with E-state index in [9.17, 15) is 9.59 Å². The molecule has 0 aliphatic rings. The first-order chi connectivity index (χ1) is 13.5. The lowest BCUT2D eigenvalue weighted by Crippen LogP contribution is -2.36. The predicted molar refractivity (Wildman–Crippen MR) is 112 cm³/mol. The molecule has 1 amide bonds. The molecule has 28 heavy (non-hydrogen) atoms. The Morgan fingerprint density at radius 1 is 1.14 bits per heavy atom. The maximum Gasteiger partial charge on any atom is 0.275 e. The number of para-hydroxylation sites is 1. The normalized spacial score (nSPS) is 10.5. The monoisotopic (exact) mass is 396 g/mol. The SMILES string of the molecule is Cc1cc(=O)c(C(=O)NCCN(C)c2ccccc2)nn1-c1ccc(Cl)cc1. The summed E-state index contributed by atoms with van der Waals surface area (Å²) in [6, 6.07) is 18.3. The van der Waals surface area contributed by atoms with Crippen LogP contribution in [0.2, 0.25) is 5.02 Å². The lowest BCUT2D eigenvalue weighted by atomic mass is 10.2. The van der Waals surface area contributed by atoms with Crippen molar-refractivity contribution in [2.75, 3.05) is 25.0 Å². The third-order valence-corrected chi connectivity index (χ3v) is 4.58. The highest BCUT2D eigenvalue weighted by Gasteiger charge is 2.15. The van der Waals surface area contributed by atoms with E-state index in [0.717, 1.165) is 11.4 Å². The first-order valence-electron chi connectivity index (χ1n) is 8.87. The number of carbonyl (C=O) groups is 1. The number of nitrogens with zero attached hydrogens (tertiary/aromatic N) is 3. The first-order valence-corrected chi connectivity index (χ1v) is 9.25. The molecule has 0 aliphatic carbocycles. The molecular formula is C21H21ClN4O2. The molecule has 0 radical (unpaired) electrons. The molecular weight excluding hydrogens is 376 g/mol. The number of amides is 1. The Kier molecular flexibility index (Phi) is 6.11. The summed E-state index contributed by atoms with van der Waals surface area (Å²) in [7, 11) is 1.94. The van der Waals surface area contributed by atoms with Crippen molar-refractivity contribution in [1.29, 1.82) is 0 Å². The Balaban J connectivity index is 1.72. The third kappa shape index (κ3) is 4.58. The van der Waals surface area contributed by atoms with Crippen LogP contribution in [0.15, 0.2) is 65.5 Å². The van der Waals surface area contributed by atoms with E-state index in [-0.39, 0.29) is 5.69 Å². The summed E-state index contributed by atoms with van der Waals surface area (Å²) in [5, 5.41) is 7.63. The van der Waals surface area contributed by atoms with Gasteiger partial charge in [0.05, 0.1) is 5.69 Å². The van der Waals surface area contributed by atoms with Gasteiger partial charge < -0.3 is 10.2 Å². The maximum atomic E-state index is 12.5. The molecule has 0 saturated carbocycles. The average Bonchev–Trinajstić information content (AvgIpc) is 2.69. The largest absolute Gasteiger partial charge is 0.373 e. The number of hydrogen-bond acceptors (Lipinski definition) is 4. The number of aryl methyl sites for hydroxylation is 1. The molecule has 144 valence electrons. The quantitative estimate of drug-likeness (QED) is 0.695. The number of rotatable bonds is 6. The summed E-state index contributed by atoms with van der Waals surface area (Å²) in [4.78, 5) is 26.8. The van der Waals surface area contributed by atoms with E-state index >= 15 is 0 Å². The Morgan fingerprint density at radius 3 is 2.50 bits per heavy atom. The van der Waals surface area contributed by atoms with E-state index in [1.807, 2.05) is 42.3 Å². The minimum absolute atomic E-state index is 0.136. The van der Waals surface area contributed by atoms with Gasteiger partial charge in [-0.2, -0.15) is 5.10 Å². The van der Waals surface area contributed by atoms with Gasteiger partial charge in [0.25, 0.3) is 5.91 Å². The van der Waals surface area contributed by atoms with Crippen molar-refractivity contribution in [3.8, 4) is 5.69 Å². The van der Waals surface area contributed by atoms with Crippen LogP contribution in [-0.2, 0) is 0 Å². The summed E-state index contributed by atoms with van der Waals surface area (Å²) < 4.78 is 1.56. The van der Waals surface area contributed by atoms with Crippen LogP contribution in [0, 0.1) is 6.92 Å². The highest BCUT2D eigenvalue weighted by atomic mass is 35.5. The second kappa shape index (κ2) is 8.71. The van der Waals surface area contributed by atoms with Crippen LogP contribution < -0.4 is 15.6 Å². The highest BCUT2D eigenvalue weighted by Crippen LogP contribution is 2.14. The van der Waals surface area contributed by atoms with Gasteiger partial charge in [-0.1, -0.05) is 29.8 Å². The van der Waals surface area contributed by atoms with Crippen molar-refractivity contribution < 1.29 is 4.79 Å².